The second-order valence-electron chi connectivity index (χ2n) is 8.44. The van der Waals surface area contributed by atoms with E-state index in [-0.39, 0.29) is 25.0 Å². The first kappa shape index (κ1) is 27.5. The van der Waals surface area contributed by atoms with E-state index in [1.165, 1.54) is 17.1 Å². The van der Waals surface area contributed by atoms with E-state index in [0.717, 1.165) is 25.7 Å². The number of imidazole rings is 1. The molecule has 1 fully saturated rings. The van der Waals surface area contributed by atoms with Crippen molar-refractivity contribution in [3.8, 4) is 0 Å². The number of nitrogens with two attached hydrogens (primary N) is 1. The molecule has 0 saturated carbocycles. The van der Waals surface area contributed by atoms with Crippen molar-refractivity contribution < 1.29 is 38.5 Å². The Hall–Kier alpha value is -2.12. The Morgan fingerprint density at radius 1 is 1.29 bits per heavy atom. The first-order valence-electron chi connectivity index (χ1n) is 11.7. The zero-order valence-electron chi connectivity index (χ0n) is 19.8. The molecule has 0 spiro atoms. The number of aliphatic hydroxyl groups is 2. The maximum atomic E-state index is 12.3. The summed E-state index contributed by atoms with van der Waals surface area (Å²) in [6, 6.07) is 1.58. The Morgan fingerprint density at radius 2 is 2.00 bits per heavy atom. The van der Waals surface area contributed by atoms with Gasteiger partial charge in [-0.25, -0.2) is 19.6 Å². The van der Waals surface area contributed by atoms with Crippen LogP contribution in [0.1, 0.15) is 45.8 Å². The van der Waals surface area contributed by atoms with Crippen LogP contribution < -0.4 is 10.8 Å². The van der Waals surface area contributed by atoms with Gasteiger partial charge in [-0.2, -0.15) is 0 Å². The average molecular weight is 516 g/mol. The van der Waals surface area contributed by atoms with Gasteiger partial charge in [-0.1, -0.05) is 26.7 Å². The van der Waals surface area contributed by atoms with Crippen LogP contribution in [0.3, 0.4) is 0 Å². The molecule has 0 aliphatic carbocycles. The lowest BCUT2D eigenvalue weighted by atomic mass is 9.99. The van der Waals surface area contributed by atoms with Gasteiger partial charge in [0.1, 0.15) is 30.4 Å². The molecule has 35 heavy (non-hydrogen) atoms. The number of anilines is 1. The minimum Gasteiger partial charge on any atom is -0.464 e. The van der Waals surface area contributed by atoms with Crippen molar-refractivity contribution >= 4 is 30.6 Å². The highest BCUT2D eigenvalue weighted by molar-refractivity contribution is 7.50. The molecule has 1 aliphatic heterocycles. The van der Waals surface area contributed by atoms with Gasteiger partial charge < -0.3 is 30.3 Å². The lowest BCUT2D eigenvalue weighted by molar-refractivity contribution is -0.148. The molecule has 5 atom stereocenters. The van der Waals surface area contributed by atoms with Crippen LogP contribution in [0.15, 0.2) is 18.6 Å². The molecule has 6 N–H and O–H groups in total. The Bertz CT molecular complexity index is 1030. The quantitative estimate of drug-likeness (QED) is 0.145. The second kappa shape index (κ2) is 12.2. The molecule has 2 aromatic heterocycles. The van der Waals surface area contributed by atoms with E-state index < -0.39 is 38.9 Å². The number of pyridine rings is 1. The van der Waals surface area contributed by atoms with Gasteiger partial charge in [0.05, 0.1) is 24.5 Å². The number of ether oxygens (including phenoxy) is 2. The Labute approximate surface area is 203 Å². The topological polar surface area (TPSA) is 191 Å². The molecule has 0 aromatic carbocycles. The standard InChI is InChI=1S/C21H34N5O8P/c1-3-5-13(6-4-2)21(29)32-10-9-25-35(30,31)33-11-15-17(27)18(28)20(34-15)26-12-24-16-14(22)7-8-23-19(16)26/h7-8,12-13,15,17-18,20,27-28H,3-6,9-11H2,1-2H3,(H2,22,23)(H2,25,30,31)/t15-,17-,18-,20-/m1/s1. The minimum absolute atomic E-state index is 0.0934. The molecule has 0 amide bonds. The van der Waals surface area contributed by atoms with Gasteiger partial charge >= 0.3 is 13.7 Å². The molecule has 0 radical (unpaired) electrons. The monoisotopic (exact) mass is 515 g/mol. The number of rotatable bonds is 13. The molecule has 3 heterocycles. The molecule has 3 rings (SSSR count). The highest BCUT2D eigenvalue weighted by atomic mass is 31.2. The van der Waals surface area contributed by atoms with E-state index in [2.05, 4.69) is 15.1 Å². The van der Waals surface area contributed by atoms with Gasteiger partial charge in [-0.05, 0) is 18.9 Å². The van der Waals surface area contributed by atoms with Gasteiger partial charge in [-0.3, -0.25) is 13.9 Å². The summed E-state index contributed by atoms with van der Waals surface area (Å²) in [6.45, 7) is 3.31. The van der Waals surface area contributed by atoms with Gasteiger partial charge in [-0.15, -0.1) is 0 Å². The molecule has 14 heteroatoms. The van der Waals surface area contributed by atoms with E-state index in [4.69, 9.17) is 19.7 Å². The Morgan fingerprint density at radius 3 is 2.69 bits per heavy atom. The smallest absolute Gasteiger partial charge is 0.403 e. The first-order valence-corrected chi connectivity index (χ1v) is 13.2. The fraction of sp³-hybridized carbons (Fsp3) is 0.667. The Balaban J connectivity index is 1.49. The van der Waals surface area contributed by atoms with Crippen molar-refractivity contribution in [3.63, 3.8) is 0 Å². The number of aliphatic hydroxyl groups excluding tert-OH is 2. The molecule has 1 saturated heterocycles. The number of nitrogens with one attached hydrogen (secondary N) is 1. The number of carbonyl (C=O) groups excluding carboxylic acids is 1. The third-order valence-corrected chi connectivity index (χ3v) is 6.91. The van der Waals surface area contributed by atoms with Crippen LogP contribution in [0.2, 0.25) is 0 Å². The predicted octanol–water partition coefficient (Wildman–Crippen LogP) is 1.10. The lowest BCUT2D eigenvalue weighted by Crippen LogP contribution is -2.34. The van der Waals surface area contributed by atoms with Gasteiger partial charge in [0.25, 0.3) is 0 Å². The average Bonchev–Trinajstić information content (AvgIpc) is 3.37. The molecule has 196 valence electrons. The number of nitrogen functional groups attached to an aromatic ring is 1. The summed E-state index contributed by atoms with van der Waals surface area (Å²) in [5.41, 5.74) is 7.04. The fourth-order valence-electron chi connectivity index (χ4n) is 3.99. The summed E-state index contributed by atoms with van der Waals surface area (Å²) in [4.78, 5) is 30.5. The van der Waals surface area contributed by atoms with E-state index in [0.29, 0.717) is 16.9 Å². The molecule has 1 unspecified atom stereocenters. The third kappa shape index (κ3) is 6.76. The van der Waals surface area contributed by atoms with E-state index in [1.54, 1.807) is 6.07 Å². The maximum Gasteiger partial charge on any atom is 0.403 e. The summed E-state index contributed by atoms with van der Waals surface area (Å²) >= 11 is 0. The minimum atomic E-state index is -4.29. The Kier molecular flexibility index (Phi) is 9.59. The summed E-state index contributed by atoms with van der Waals surface area (Å²) in [5, 5.41) is 23.2. The molecular weight excluding hydrogens is 481 g/mol. The summed E-state index contributed by atoms with van der Waals surface area (Å²) < 4.78 is 29.7. The largest absolute Gasteiger partial charge is 0.464 e. The number of hydrogen-bond acceptors (Lipinski definition) is 10. The SMILES string of the molecule is CCCC(CCC)C(=O)OCCNP(=O)(O)OC[C@H]1O[C@@H](n2cnc3c(N)ccnc32)[C@H](O)[C@@H]1O. The molecule has 0 bridgehead atoms. The molecule has 13 nitrogen and oxygen atoms in total. The van der Waals surface area contributed by atoms with Crippen molar-refractivity contribution in [2.75, 3.05) is 25.5 Å². The van der Waals surface area contributed by atoms with Crippen LogP contribution in [-0.2, 0) is 23.4 Å². The number of fused-ring (bicyclic) bond motifs is 1. The number of hydrogen-bond donors (Lipinski definition) is 5. The highest BCUT2D eigenvalue weighted by Crippen LogP contribution is 2.39. The summed E-state index contributed by atoms with van der Waals surface area (Å²) in [7, 11) is -4.29. The predicted molar refractivity (Wildman–Crippen MR) is 126 cm³/mol. The van der Waals surface area contributed by atoms with E-state index in [9.17, 15) is 24.5 Å². The van der Waals surface area contributed by atoms with Crippen LogP contribution in [0, 0.1) is 5.92 Å². The fourth-order valence-corrected chi connectivity index (χ4v) is 4.80. The van der Waals surface area contributed by atoms with Crippen LogP contribution >= 0.6 is 7.75 Å². The van der Waals surface area contributed by atoms with Gasteiger partial charge in [0.2, 0.25) is 0 Å². The lowest BCUT2D eigenvalue weighted by Gasteiger charge is -2.19. The van der Waals surface area contributed by atoms with Gasteiger partial charge in [0, 0.05) is 12.7 Å². The highest BCUT2D eigenvalue weighted by Gasteiger charge is 2.45. The van der Waals surface area contributed by atoms with Crippen LogP contribution in [0.4, 0.5) is 5.69 Å². The normalized spacial score (nSPS) is 24.2. The number of carbonyl (C=O) groups is 1. The number of esters is 1. The van der Waals surface area contributed by atoms with E-state index >= 15 is 0 Å². The first-order chi connectivity index (χ1) is 16.7. The number of nitrogens with zero attached hydrogens (tertiary/aromatic N) is 3. The zero-order chi connectivity index (χ0) is 25.6. The van der Waals surface area contributed by atoms with Crippen molar-refractivity contribution in [1.29, 1.82) is 0 Å². The maximum absolute atomic E-state index is 12.3. The molecule has 1 aliphatic rings. The van der Waals surface area contributed by atoms with Crippen molar-refractivity contribution in [2.45, 2.75) is 64.1 Å². The second-order valence-corrected chi connectivity index (χ2v) is 10.1. The van der Waals surface area contributed by atoms with Crippen LogP contribution in [0.25, 0.3) is 11.2 Å². The number of aromatic nitrogens is 3. The van der Waals surface area contributed by atoms with E-state index in [1.807, 2.05) is 13.8 Å². The molecule has 2 aromatic rings. The summed E-state index contributed by atoms with van der Waals surface area (Å²) in [5.74, 6) is -0.503. The van der Waals surface area contributed by atoms with Crippen molar-refractivity contribution in [1.82, 2.24) is 19.6 Å². The van der Waals surface area contributed by atoms with Crippen molar-refractivity contribution in [2.24, 2.45) is 5.92 Å². The van der Waals surface area contributed by atoms with Crippen LogP contribution in [-0.4, -0.2) is 73.7 Å². The molecular formula is C21H34N5O8P. The van der Waals surface area contributed by atoms with Gasteiger partial charge in [0.15, 0.2) is 11.9 Å². The summed E-state index contributed by atoms with van der Waals surface area (Å²) in [6.07, 6.45) is 1.14. The van der Waals surface area contributed by atoms with Crippen molar-refractivity contribution in [3.05, 3.63) is 18.6 Å². The third-order valence-electron chi connectivity index (χ3n) is 5.78. The van der Waals surface area contributed by atoms with Crippen LogP contribution in [0.5, 0.6) is 0 Å². The zero-order valence-corrected chi connectivity index (χ0v) is 20.7.